The number of hydrogen-bond donors (Lipinski definition) is 0. The average molecular weight is 340 g/mol. The van der Waals surface area contributed by atoms with Crippen LogP contribution < -0.4 is 0 Å². The molecule has 1 aliphatic carbocycles. The van der Waals surface area contributed by atoms with Crippen LogP contribution in [-0.4, -0.2) is 40.7 Å². The van der Waals surface area contributed by atoms with Crippen LogP contribution in [0.25, 0.3) is 0 Å². The van der Waals surface area contributed by atoms with Gasteiger partial charge in [-0.25, -0.2) is 0 Å². The number of nitrogens with zero attached hydrogens (tertiary/aromatic N) is 2. The van der Waals surface area contributed by atoms with Crippen molar-refractivity contribution in [3.05, 3.63) is 35.9 Å². The van der Waals surface area contributed by atoms with Gasteiger partial charge in [-0.05, 0) is 37.2 Å². The minimum absolute atomic E-state index is 0.195. The number of fused-ring (bicyclic) bond motifs is 1. The Morgan fingerprint density at radius 1 is 1.00 bits per heavy atom. The van der Waals surface area contributed by atoms with Gasteiger partial charge in [0.05, 0.1) is 6.04 Å². The van der Waals surface area contributed by atoms with E-state index in [-0.39, 0.29) is 17.9 Å². The fraction of sp³-hybridized carbons (Fsp3) is 0.619. The third kappa shape index (κ3) is 3.44. The van der Waals surface area contributed by atoms with Gasteiger partial charge in [0.25, 0.3) is 0 Å². The first kappa shape index (κ1) is 16.6. The van der Waals surface area contributed by atoms with E-state index in [4.69, 9.17) is 0 Å². The van der Waals surface area contributed by atoms with E-state index in [1.807, 2.05) is 18.2 Å². The number of likely N-dealkylation sites (tertiary alicyclic amines) is 2. The van der Waals surface area contributed by atoms with Crippen molar-refractivity contribution in [3.63, 3.8) is 0 Å². The molecule has 4 heteroatoms. The summed E-state index contributed by atoms with van der Waals surface area (Å²) in [5.41, 5.74) is 1.18. The van der Waals surface area contributed by atoms with Gasteiger partial charge in [-0.1, -0.05) is 43.2 Å². The maximum atomic E-state index is 12.8. The minimum atomic E-state index is 0.195. The van der Waals surface area contributed by atoms with E-state index < -0.39 is 0 Å². The Labute approximate surface area is 150 Å². The zero-order valence-electron chi connectivity index (χ0n) is 14.9. The molecule has 4 rings (SSSR count). The van der Waals surface area contributed by atoms with Crippen LogP contribution in [0.3, 0.4) is 0 Å². The quantitative estimate of drug-likeness (QED) is 0.848. The first-order chi connectivity index (χ1) is 12.2. The molecule has 1 saturated carbocycles. The van der Waals surface area contributed by atoms with Crippen molar-refractivity contribution in [2.24, 2.45) is 11.8 Å². The second kappa shape index (κ2) is 7.19. The zero-order chi connectivity index (χ0) is 17.2. The number of hydrogen-bond acceptors (Lipinski definition) is 2. The number of amides is 2. The molecule has 2 unspecified atom stereocenters. The lowest BCUT2D eigenvalue weighted by atomic mass is 9.98. The van der Waals surface area contributed by atoms with Crippen LogP contribution in [0.15, 0.2) is 30.3 Å². The van der Waals surface area contributed by atoms with Crippen LogP contribution in [0.5, 0.6) is 0 Å². The van der Waals surface area contributed by atoms with Crippen molar-refractivity contribution in [1.82, 2.24) is 9.80 Å². The SMILES string of the molecule is O=C(C1CCCC1)N1CC2CCCC(=O)N(Cc3ccccc3)C2C1. The van der Waals surface area contributed by atoms with E-state index >= 15 is 0 Å². The number of carbonyl (C=O) groups is 2. The van der Waals surface area contributed by atoms with E-state index in [0.717, 1.165) is 38.8 Å². The van der Waals surface area contributed by atoms with Gasteiger partial charge in [0.15, 0.2) is 0 Å². The van der Waals surface area contributed by atoms with E-state index in [1.165, 1.54) is 18.4 Å². The molecule has 0 bridgehead atoms. The molecule has 0 spiro atoms. The predicted octanol–water partition coefficient (Wildman–Crippen LogP) is 3.22. The molecule has 1 aromatic carbocycles. The largest absolute Gasteiger partial charge is 0.340 e. The topological polar surface area (TPSA) is 40.6 Å². The lowest BCUT2D eigenvalue weighted by molar-refractivity contribution is -0.137. The summed E-state index contributed by atoms with van der Waals surface area (Å²) in [7, 11) is 0. The van der Waals surface area contributed by atoms with Crippen LogP contribution >= 0.6 is 0 Å². The van der Waals surface area contributed by atoms with E-state index in [2.05, 4.69) is 21.9 Å². The van der Waals surface area contributed by atoms with E-state index in [1.54, 1.807) is 0 Å². The molecule has 3 fully saturated rings. The Balaban J connectivity index is 1.50. The number of carbonyl (C=O) groups excluding carboxylic acids is 2. The molecule has 2 aliphatic heterocycles. The Bertz CT molecular complexity index is 624. The van der Waals surface area contributed by atoms with Gasteiger partial charge in [0.2, 0.25) is 11.8 Å². The molecule has 2 heterocycles. The van der Waals surface area contributed by atoms with Crippen LogP contribution in [0.2, 0.25) is 0 Å². The fourth-order valence-electron chi connectivity index (χ4n) is 4.93. The molecule has 25 heavy (non-hydrogen) atoms. The second-order valence-corrected chi connectivity index (χ2v) is 7.95. The van der Waals surface area contributed by atoms with Gasteiger partial charge in [-0.15, -0.1) is 0 Å². The smallest absolute Gasteiger partial charge is 0.225 e. The summed E-state index contributed by atoms with van der Waals surface area (Å²) < 4.78 is 0. The highest BCUT2D eigenvalue weighted by Gasteiger charge is 2.43. The van der Waals surface area contributed by atoms with Gasteiger partial charge in [0, 0.05) is 32.0 Å². The predicted molar refractivity (Wildman–Crippen MR) is 96.7 cm³/mol. The number of rotatable bonds is 3. The Hall–Kier alpha value is -1.84. The van der Waals surface area contributed by atoms with Crippen molar-refractivity contribution in [3.8, 4) is 0 Å². The molecule has 2 saturated heterocycles. The maximum Gasteiger partial charge on any atom is 0.225 e. The Morgan fingerprint density at radius 2 is 1.76 bits per heavy atom. The molecule has 2 atom stereocenters. The highest BCUT2D eigenvalue weighted by Crippen LogP contribution is 2.34. The molecule has 134 valence electrons. The van der Waals surface area contributed by atoms with Crippen molar-refractivity contribution >= 4 is 11.8 Å². The van der Waals surface area contributed by atoms with Gasteiger partial charge in [0.1, 0.15) is 0 Å². The summed E-state index contributed by atoms with van der Waals surface area (Å²) >= 11 is 0. The molecule has 3 aliphatic rings. The van der Waals surface area contributed by atoms with Crippen molar-refractivity contribution in [2.45, 2.75) is 57.5 Å². The van der Waals surface area contributed by atoms with Crippen molar-refractivity contribution in [1.29, 1.82) is 0 Å². The summed E-state index contributed by atoms with van der Waals surface area (Å²) in [5, 5.41) is 0. The molecule has 1 aromatic rings. The average Bonchev–Trinajstić information content (AvgIpc) is 3.28. The molecule has 4 nitrogen and oxygen atoms in total. The van der Waals surface area contributed by atoms with Gasteiger partial charge in [-0.2, -0.15) is 0 Å². The Morgan fingerprint density at radius 3 is 2.52 bits per heavy atom. The second-order valence-electron chi connectivity index (χ2n) is 7.95. The molecule has 0 aromatic heterocycles. The van der Waals surface area contributed by atoms with Gasteiger partial charge >= 0.3 is 0 Å². The summed E-state index contributed by atoms with van der Waals surface area (Å²) in [6.45, 7) is 2.25. The first-order valence-corrected chi connectivity index (χ1v) is 9.84. The van der Waals surface area contributed by atoms with Gasteiger partial charge < -0.3 is 9.80 Å². The van der Waals surface area contributed by atoms with Gasteiger partial charge in [-0.3, -0.25) is 9.59 Å². The summed E-state index contributed by atoms with van der Waals surface area (Å²) in [6.07, 6.45) is 7.16. The van der Waals surface area contributed by atoms with Crippen LogP contribution in [0, 0.1) is 11.8 Å². The molecular formula is C21H28N2O2. The van der Waals surface area contributed by atoms with E-state index in [0.29, 0.717) is 24.8 Å². The molecular weight excluding hydrogens is 312 g/mol. The number of benzene rings is 1. The van der Waals surface area contributed by atoms with Crippen LogP contribution in [0.4, 0.5) is 0 Å². The normalized spacial score (nSPS) is 27.4. The third-order valence-electron chi connectivity index (χ3n) is 6.30. The fourth-order valence-corrected chi connectivity index (χ4v) is 4.93. The summed E-state index contributed by atoms with van der Waals surface area (Å²) in [6, 6.07) is 10.4. The third-order valence-corrected chi connectivity index (χ3v) is 6.30. The standard InChI is InChI=1S/C21H28N2O2/c24-20-12-6-11-18-14-22(21(25)17-9-4-5-10-17)15-19(18)23(20)13-16-7-2-1-3-8-16/h1-3,7-8,17-19H,4-6,9-15H2. The Kier molecular flexibility index (Phi) is 4.78. The van der Waals surface area contributed by atoms with E-state index in [9.17, 15) is 9.59 Å². The van der Waals surface area contributed by atoms with Crippen LogP contribution in [0.1, 0.15) is 50.5 Å². The monoisotopic (exact) mass is 340 g/mol. The maximum absolute atomic E-state index is 12.8. The first-order valence-electron chi connectivity index (χ1n) is 9.84. The van der Waals surface area contributed by atoms with Crippen molar-refractivity contribution < 1.29 is 9.59 Å². The minimum Gasteiger partial charge on any atom is -0.340 e. The summed E-state index contributed by atoms with van der Waals surface area (Å²) in [5.74, 6) is 1.28. The molecule has 2 amide bonds. The highest BCUT2D eigenvalue weighted by atomic mass is 16.2. The highest BCUT2D eigenvalue weighted by molar-refractivity contribution is 5.80. The zero-order valence-corrected chi connectivity index (χ0v) is 14.9. The van der Waals surface area contributed by atoms with Crippen molar-refractivity contribution in [2.75, 3.05) is 13.1 Å². The lowest BCUT2D eigenvalue weighted by Gasteiger charge is -2.30. The summed E-state index contributed by atoms with van der Waals surface area (Å²) in [4.78, 5) is 29.7. The lowest BCUT2D eigenvalue weighted by Crippen LogP contribution is -2.43. The van der Waals surface area contributed by atoms with Crippen LogP contribution in [-0.2, 0) is 16.1 Å². The molecule has 0 radical (unpaired) electrons. The molecule has 0 N–H and O–H groups in total.